The summed E-state index contributed by atoms with van der Waals surface area (Å²) in [6.45, 7) is 0. The van der Waals surface area contributed by atoms with E-state index < -0.39 is 12.1 Å². The number of hydrogen-bond donors (Lipinski definition) is 2. The van der Waals surface area contributed by atoms with E-state index in [2.05, 4.69) is 0 Å². The van der Waals surface area contributed by atoms with Crippen LogP contribution in [-0.4, -0.2) is 22.5 Å². The summed E-state index contributed by atoms with van der Waals surface area (Å²) < 4.78 is 0. The standard InChI is InChI=1S/C11H12O4/c12-7-1-2-8-3-5-9(6-4-8)10(13)11(14)15/h3-7,10,13H,1-2H2,(H,14,15). The Kier molecular flexibility index (Phi) is 4.00. The van der Waals surface area contributed by atoms with Crippen molar-refractivity contribution in [1.29, 1.82) is 0 Å². The summed E-state index contributed by atoms with van der Waals surface area (Å²) in [4.78, 5) is 20.6. The van der Waals surface area contributed by atoms with Crippen LogP contribution in [0.4, 0.5) is 0 Å². The van der Waals surface area contributed by atoms with Gasteiger partial charge in [0.1, 0.15) is 6.29 Å². The van der Waals surface area contributed by atoms with Gasteiger partial charge in [-0.1, -0.05) is 24.3 Å². The van der Waals surface area contributed by atoms with Crippen LogP contribution >= 0.6 is 0 Å². The molecule has 4 heteroatoms. The van der Waals surface area contributed by atoms with Crippen LogP contribution in [-0.2, 0) is 16.0 Å². The zero-order valence-electron chi connectivity index (χ0n) is 8.09. The molecule has 0 saturated heterocycles. The summed E-state index contributed by atoms with van der Waals surface area (Å²) in [6, 6.07) is 6.54. The molecule has 0 saturated carbocycles. The average Bonchev–Trinajstić information content (AvgIpc) is 2.26. The number of aryl methyl sites for hydroxylation is 1. The SMILES string of the molecule is O=CCCc1ccc(C(O)C(=O)O)cc1. The number of carboxylic acids is 1. The van der Waals surface area contributed by atoms with Crippen LogP contribution in [0, 0.1) is 0 Å². The minimum atomic E-state index is -1.48. The zero-order chi connectivity index (χ0) is 11.3. The number of carbonyl (C=O) groups is 2. The molecule has 0 aliphatic carbocycles. The Morgan fingerprint density at radius 1 is 1.33 bits per heavy atom. The van der Waals surface area contributed by atoms with E-state index in [0.717, 1.165) is 11.8 Å². The van der Waals surface area contributed by atoms with E-state index >= 15 is 0 Å². The molecular weight excluding hydrogens is 196 g/mol. The average molecular weight is 208 g/mol. The Morgan fingerprint density at radius 3 is 2.40 bits per heavy atom. The maximum Gasteiger partial charge on any atom is 0.337 e. The molecule has 0 bridgehead atoms. The van der Waals surface area contributed by atoms with Crippen molar-refractivity contribution in [3.63, 3.8) is 0 Å². The van der Waals surface area contributed by atoms with Crippen LogP contribution in [0.5, 0.6) is 0 Å². The van der Waals surface area contributed by atoms with Gasteiger partial charge >= 0.3 is 5.97 Å². The first-order valence-corrected chi connectivity index (χ1v) is 4.58. The normalized spacial score (nSPS) is 12.1. The Bertz CT molecular complexity index is 342. The second kappa shape index (κ2) is 5.26. The predicted octanol–water partition coefficient (Wildman–Crippen LogP) is 0.936. The first kappa shape index (κ1) is 11.4. The second-order valence-corrected chi connectivity index (χ2v) is 3.19. The van der Waals surface area contributed by atoms with E-state index in [1.165, 1.54) is 0 Å². The lowest BCUT2D eigenvalue weighted by Gasteiger charge is -2.06. The molecule has 0 fully saturated rings. The fraction of sp³-hybridized carbons (Fsp3) is 0.273. The van der Waals surface area contributed by atoms with Crippen molar-refractivity contribution in [2.24, 2.45) is 0 Å². The molecule has 15 heavy (non-hydrogen) atoms. The van der Waals surface area contributed by atoms with E-state index in [4.69, 9.17) is 5.11 Å². The molecule has 1 aromatic carbocycles. The van der Waals surface area contributed by atoms with E-state index in [1.807, 2.05) is 0 Å². The number of aliphatic hydroxyl groups is 1. The molecule has 0 spiro atoms. The quantitative estimate of drug-likeness (QED) is 0.706. The molecule has 2 N–H and O–H groups in total. The molecule has 0 aromatic heterocycles. The number of aldehydes is 1. The van der Waals surface area contributed by atoms with Gasteiger partial charge in [0.05, 0.1) is 0 Å². The highest BCUT2D eigenvalue weighted by molar-refractivity contribution is 5.73. The lowest BCUT2D eigenvalue weighted by atomic mass is 10.0. The Balaban J connectivity index is 2.71. The maximum absolute atomic E-state index is 10.5. The molecule has 1 unspecified atom stereocenters. The topological polar surface area (TPSA) is 74.6 Å². The van der Waals surface area contributed by atoms with Gasteiger partial charge < -0.3 is 15.0 Å². The molecule has 0 amide bonds. The van der Waals surface area contributed by atoms with Crippen molar-refractivity contribution in [3.05, 3.63) is 35.4 Å². The molecule has 1 atom stereocenters. The molecule has 1 aromatic rings. The van der Waals surface area contributed by atoms with Gasteiger partial charge in [-0.2, -0.15) is 0 Å². The smallest absolute Gasteiger partial charge is 0.337 e. The maximum atomic E-state index is 10.5. The summed E-state index contributed by atoms with van der Waals surface area (Å²) >= 11 is 0. The van der Waals surface area contributed by atoms with Crippen molar-refractivity contribution < 1.29 is 19.8 Å². The van der Waals surface area contributed by atoms with Crippen LogP contribution in [0.25, 0.3) is 0 Å². The number of aliphatic hydroxyl groups excluding tert-OH is 1. The van der Waals surface area contributed by atoms with Crippen molar-refractivity contribution >= 4 is 12.3 Å². The second-order valence-electron chi connectivity index (χ2n) is 3.19. The highest BCUT2D eigenvalue weighted by Gasteiger charge is 2.14. The molecule has 4 nitrogen and oxygen atoms in total. The van der Waals surface area contributed by atoms with Gasteiger partial charge in [-0.15, -0.1) is 0 Å². The van der Waals surface area contributed by atoms with Gasteiger partial charge in [-0.05, 0) is 17.5 Å². The molecule has 80 valence electrons. The van der Waals surface area contributed by atoms with Crippen LogP contribution in [0.3, 0.4) is 0 Å². The van der Waals surface area contributed by atoms with E-state index in [-0.39, 0.29) is 0 Å². The van der Waals surface area contributed by atoms with Gasteiger partial charge in [0.2, 0.25) is 0 Å². The highest BCUT2D eigenvalue weighted by Crippen LogP contribution is 2.14. The largest absolute Gasteiger partial charge is 0.479 e. The molecular formula is C11H12O4. The summed E-state index contributed by atoms with van der Waals surface area (Å²) in [5.41, 5.74) is 1.29. The van der Waals surface area contributed by atoms with Gasteiger partial charge in [-0.3, -0.25) is 0 Å². The van der Waals surface area contributed by atoms with Crippen LogP contribution in [0.15, 0.2) is 24.3 Å². The molecule has 0 radical (unpaired) electrons. The molecule has 0 aliphatic rings. The fourth-order valence-electron chi connectivity index (χ4n) is 1.23. The summed E-state index contributed by atoms with van der Waals surface area (Å²) in [5.74, 6) is -1.27. The van der Waals surface area contributed by atoms with Crippen LogP contribution in [0.2, 0.25) is 0 Å². The van der Waals surface area contributed by atoms with Crippen molar-refractivity contribution in [2.75, 3.05) is 0 Å². The predicted molar refractivity (Wildman–Crippen MR) is 53.4 cm³/mol. The third-order valence-electron chi connectivity index (χ3n) is 2.08. The lowest BCUT2D eigenvalue weighted by molar-refractivity contribution is -0.146. The third kappa shape index (κ3) is 3.18. The summed E-state index contributed by atoms with van der Waals surface area (Å²) in [6.07, 6.45) is 0.429. The lowest BCUT2D eigenvalue weighted by Crippen LogP contribution is -2.10. The first-order valence-electron chi connectivity index (χ1n) is 4.58. The molecule has 0 aliphatic heterocycles. The van der Waals surface area contributed by atoms with Crippen molar-refractivity contribution in [2.45, 2.75) is 18.9 Å². The number of carboxylic acid groups (broad SMARTS) is 1. The van der Waals surface area contributed by atoms with E-state index in [1.54, 1.807) is 24.3 Å². The molecule has 0 heterocycles. The number of carbonyl (C=O) groups excluding carboxylic acids is 1. The van der Waals surface area contributed by atoms with E-state index in [0.29, 0.717) is 18.4 Å². The van der Waals surface area contributed by atoms with Crippen LogP contribution < -0.4 is 0 Å². The monoisotopic (exact) mass is 208 g/mol. The van der Waals surface area contributed by atoms with Gasteiger partial charge in [0.15, 0.2) is 6.10 Å². The number of hydrogen-bond acceptors (Lipinski definition) is 3. The first-order chi connectivity index (χ1) is 7.15. The Labute approximate surface area is 87.2 Å². The highest BCUT2D eigenvalue weighted by atomic mass is 16.4. The van der Waals surface area contributed by atoms with Crippen molar-refractivity contribution in [1.82, 2.24) is 0 Å². The number of aliphatic carboxylic acids is 1. The Morgan fingerprint density at radius 2 is 1.93 bits per heavy atom. The van der Waals surface area contributed by atoms with Gasteiger partial charge in [-0.25, -0.2) is 4.79 Å². The molecule has 1 rings (SSSR count). The summed E-state index contributed by atoms with van der Waals surface area (Å²) in [5, 5.41) is 17.8. The summed E-state index contributed by atoms with van der Waals surface area (Å²) in [7, 11) is 0. The van der Waals surface area contributed by atoms with Crippen molar-refractivity contribution in [3.8, 4) is 0 Å². The zero-order valence-corrected chi connectivity index (χ0v) is 8.09. The fourth-order valence-corrected chi connectivity index (χ4v) is 1.23. The van der Waals surface area contributed by atoms with Crippen LogP contribution in [0.1, 0.15) is 23.7 Å². The minimum absolute atomic E-state index is 0.345. The van der Waals surface area contributed by atoms with Gasteiger partial charge in [0, 0.05) is 6.42 Å². The number of rotatable bonds is 5. The third-order valence-corrected chi connectivity index (χ3v) is 2.08. The number of benzene rings is 1. The Hall–Kier alpha value is -1.68. The van der Waals surface area contributed by atoms with Gasteiger partial charge in [0.25, 0.3) is 0 Å². The minimum Gasteiger partial charge on any atom is -0.479 e. The van der Waals surface area contributed by atoms with E-state index in [9.17, 15) is 14.7 Å².